The normalized spacial score (nSPS) is 5.71. The van der Waals surface area contributed by atoms with Crippen LogP contribution < -0.4 is 0 Å². The van der Waals surface area contributed by atoms with E-state index in [2.05, 4.69) is 4.74 Å². The Labute approximate surface area is 82.3 Å². The Bertz CT molecular complexity index is 70.1. The van der Waals surface area contributed by atoms with Gasteiger partial charge in [-0.25, -0.2) is 4.79 Å². The van der Waals surface area contributed by atoms with Crippen molar-refractivity contribution in [2.24, 2.45) is 0 Å². The molecule has 0 spiro atoms. The van der Waals surface area contributed by atoms with E-state index in [1.807, 2.05) is 0 Å². The molecule has 0 aliphatic rings. The van der Waals surface area contributed by atoms with Crippen LogP contribution in [0.25, 0.3) is 0 Å². The van der Waals surface area contributed by atoms with Gasteiger partial charge in [0.25, 0.3) is 0 Å². The maximum absolute atomic E-state index is 9.15. The molecule has 0 saturated heterocycles. The second-order valence-corrected chi connectivity index (χ2v) is 0.480. The van der Waals surface area contributed by atoms with Gasteiger partial charge in [0.2, 0.25) is 0 Å². The van der Waals surface area contributed by atoms with Gasteiger partial charge in [-0.3, -0.25) is 4.79 Å². The van der Waals surface area contributed by atoms with Gasteiger partial charge in [-0.1, -0.05) is 0 Å². The van der Waals surface area contributed by atoms with E-state index in [4.69, 9.17) is 14.7 Å². The fourth-order valence-electron chi connectivity index (χ4n) is 0.0412. The van der Waals surface area contributed by atoms with Gasteiger partial charge in [0.05, 0.1) is 0 Å². The monoisotopic (exact) mass is 130 g/mol. The van der Waals surface area contributed by atoms with Crippen LogP contribution in [0.2, 0.25) is 0 Å². The van der Waals surface area contributed by atoms with Crippen molar-refractivity contribution >= 4 is 64.0 Å². The van der Waals surface area contributed by atoms with E-state index in [1.165, 1.54) is 0 Å². The molecule has 36 valence electrons. The fourth-order valence-corrected chi connectivity index (χ4v) is 0.0412. The summed E-state index contributed by atoms with van der Waals surface area (Å²) in [5, 5.41) is 7.46. The standard InChI is InChI=1S/C2H2O4.K.H/c3-1-6-2(4)5;;/h1H,(H,4,5);;. The van der Waals surface area contributed by atoms with Crippen LogP contribution in [0.3, 0.4) is 0 Å². The molecule has 0 aliphatic carbocycles. The molecule has 0 aromatic heterocycles. The maximum atomic E-state index is 9.15. The van der Waals surface area contributed by atoms with Crippen molar-refractivity contribution in [1.82, 2.24) is 0 Å². The van der Waals surface area contributed by atoms with Crippen molar-refractivity contribution in [3.8, 4) is 0 Å². The molecule has 4 nitrogen and oxygen atoms in total. The van der Waals surface area contributed by atoms with Gasteiger partial charge < -0.3 is 9.84 Å². The second-order valence-electron chi connectivity index (χ2n) is 0.480. The van der Waals surface area contributed by atoms with Crippen LogP contribution in [-0.4, -0.2) is 69.1 Å². The molecule has 0 bridgehead atoms. The van der Waals surface area contributed by atoms with Crippen LogP contribution in [-0.2, 0) is 9.53 Å². The minimum atomic E-state index is -1.58. The van der Waals surface area contributed by atoms with Crippen molar-refractivity contribution in [3.63, 3.8) is 0 Å². The average Bonchev–Trinajstić information content (AvgIpc) is 1.35. The Morgan fingerprint density at radius 2 is 2.14 bits per heavy atom. The molecule has 0 heterocycles. The molecule has 1 N–H and O–H groups in total. The zero-order chi connectivity index (χ0) is 4.99. The predicted octanol–water partition coefficient (Wildman–Crippen LogP) is -0.811. The predicted molar refractivity (Wildman–Crippen MR) is 22.3 cm³/mol. The van der Waals surface area contributed by atoms with Crippen LogP contribution >= 0.6 is 0 Å². The molecular formula is C2H3KO4. The molecule has 0 rings (SSSR count). The van der Waals surface area contributed by atoms with Crippen molar-refractivity contribution in [3.05, 3.63) is 0 Å². The van der Waals surface area contributed by atoms with Crippen LogP contribution in [0.1, 0.15) is 0 Å². The molecular weight excluding hydrogens is 127 g/mol. The van der Waals surface area contributed by atoms with E-state index in [0.717, 1.165) is 0 Å². The van der Waals surface area contributed by atoms with E-state index < -0.39 is 6.16 Å². The summed E-state index contributed by atoms with van der Waals surface area (Å²) in [7, 11) is 0. The summed E-state index contributed by atoms with van der Waals surface area (Å²) in [5.41, 5.74) is 0. The molecule has 0 aromatic carbocycles. The molecule has 5 heteroatoms. The van der Waals surface area contributed by atoms with Crippen LogP contribution in [0, 0.1) is 0 Å². The first-order valence-electron chi connectivity index (χ1n) is 1.10. The van der Waals surface area contributed by atoms with E-state index >= 15 is 0 Å². The Hall–Kier alpha value is 0.576. The van der Waals surface area contributed by atoms with Gasteiger partial charge in [0.1, 0.15) is 0 Å². The molecule has 0 aliphatic heterocycles. The third-order valence-corrected chi connectivity index (χ3v) is 0.149. The van der Waals surface area contributed by atoms with E-state index in [9.17, 15) is 0 Å². The number of hydrogen-bond acceptors (Lipinski definition) is 3. The number of rotatable bonds is 1. The summed E-state index contributed by atoms with van der Waals surface area (Å²) in [6.45, 7) is -0.150. The Morgan fingerprint density at radius 1 is 1.71 bits per heavy atom. The number of hydrogen-bond donors (Lipinski definition) is 1. The first-order chi connectivity index (χ1) is 2.77. The summed E-state index contributed by atoms with van der Waals surface area (Å²) in [4.78, 5) is 18.2. The number of carbonyl (C=O) groups excluding carboxylic acids is 1. The Balaban J connectivity index is 0. The minimum absolute atomic E-state index is 0. The third kappa shape index (κ3) is 10.8. The van der Waals surface area contributed by atoms with E-state index in [0.29, 0.717) is 0 Å². The van der Waals surface area contributed by atoms with Crippen molar-refractivity contribution in [1.29, 1.82) is 0 Å². The van der Waals surface area contributed by atoms with E-state index in [1.54, 1.807) is 0 Å². The molecule has 0 unspecified atom stereocenters. The second kappa shape index (κ2) is 6.58. The van der Waals surface area contributed by atoms with Gasteiger partial charge >= 0.3 is 64.0 Å². The summed E-state index contributed by atoms with van der Waals surface area (Å²) >= 11 is 0. The van der Waals surface area contributed by atoms with Crippen LogP contribution in [0.4, 0.5) is 4.79 Å². The van der Waals surface area contributed by atoms with E-state index in [-0.39, 0.29) is 57.9 Å². The summed E-state index contributed by atoms with van der Waals surface area (Å²) in [6.07, 6.45) is -1.58. The van der Waals surface area contributed by atoms with Gasteiger partial charge in [-0.2, -0.15) is 0 Å². The Morgan fingerprint density at radius 3 is 2.14 bits per heavy atom. The third-order valence-electron chi connectivity index (χ3n) is 0.149. The molecule has 0 aromatic rings. The zero-order valence-corrected chi connectivity index (χ0v) is 2.75. The van der Waals surface area contributed by atoms with Gasteiger partial charge in [0, 0.05) is 0 Å². The topological polar surface area (TPSA) is 63.6 Å². The molecule has 0 saturated carbocycles. The summed E-state index contributed by atoms with van der Waals surface area (Å²) in [6, 6.07) is 0. The average molecular weight is 130 g/mol. The zero-order valence-electron chi connectivity index (χ0n) is 2.75. The molecule has 0 amide bonds. The van der Waals surface area contributed by atoms with Gasteiger partial charge in [0.15, 0.2) is 0 Å². The van der Waals surface area contributed by atoms with Crippen LogP contribution in [0.15, 0.2) is 0 Å². The van der Waals surface area contributed by atoms with Crippen LogP contribution in [0.5, 0.6) is 0 Å². The van der Waals surface area contributed by atoms with Crippen molar-refractivity contribution in [2.45, 2.75) is 0 Å². The number of carbonyl (C=O) groups is 2. The number of ether oxygens (including phenoxy) is 1. The molecule has 7 heavy (non-hydrogen) atoms. The number of carboxylic acid groups (broad SMARTS) is 1. The SMILES string of the molecule is O=COC(=O)O.[KH]. The van der Waals surface area contributed by atoms with Crippen molar-refractivity contribution in [2.75, 3.05) is 0 Å². The Kier molecular flexibility index (Phi) is 9.90. The molecule has 0 radical (unpaired) electrons. The first kappa shape index (κ1) is 10.5. The molecule has 0 fully saturated rings. The fraction of sp³-hybridized carbons (Fsp3) is 0. The summed E-state index contributed by atoms with van der Waals surface area (Å²) < 4.78 is 3.28. The quantitative estimate of drug-likeness (QED) is 0.218. The molecule has 0 atom stereocenters. The van der Waals surface area contributed by atoms with Gasteiger partial charge in [-0.15, -0.1) is 0 Å². The van der Waals surface area contributed by atoms with Crippen molar-refractivity contribution < 1.29 is 19.4 Å². The van der Waals surface area contributed by atoms with Gasteiger partial charge in [-0.05, 0) is 0 Å². The summed E-state index contributed by atoms with van der Waals surface area (Å²) in [5.74, 6) is 0. The first-order valence-corrected chi connectivity index (χ1v) is 1.10.